The summed E-state index contributed by atoms with van der Waals surface area (Å²) in [5, 5.41) is 9.86. The molecule has 1 N–H and O–H groups in total. The Balaban J connectivity index is 1.57. The molecule has 0 unspecified atom stereocenters. The van der Waals surface area contributed by atoms with Crippen molar-refractivity contribution in [2.24, 2.45) is 4.99 Å². The highest BCUT2D eigenvalue weighted by atomic mass is 35.5. The average Bonchev–Trinajstić information content (AvgIpc) is 3.17. The zero-order chi connectivity index (χ0) is 26.5. The predicted molar refractivity (Wildman–Crippen MR) is 142 cm³/mol. The first-order chi connectivity index (χ1) is 17.8. The van der Waals surface area contributed by atoms with Crippen LogP contribution in [-0.2, 0) is 11.4 Å². The zero-order valence-corrected chi connectivity index (χ0v) is 21.5. The number of aromatic carboxylic acids is 1. The fourth-order valence-electron chi connectivity index (χ4n) is 3.51. The van der Waals surface area contributed by atoms with Crippen molar-refractivity contribution in [2.45, 2.75) is 13.5 Å². The third-order valence-corrected chi connectivity index (χ3v) is 6.68. The number of carbonyl (C=O) groups excluding carboxylic acids is 1. The molecule has 1 fully saturated rings. The Morgan fingerprint density at radius 1 is 1.16 bits per heavy atom. The van der Waals surface area contributed by atoms with E-state index in [0.717, 1.165) is 5.56 Å². The molecule has 3 aromatic rings. The van der Waals surface area contributed by atoms with Crippen LogP contribution in [0.3, 0.4) is 0 Å². The number of rotatable bonds is 8. The molecule has 1 aliphatic rings. The van der Waals surface area contributed by atoms with Crippen LogP contribution in [0.25, 0.3) is 6.08 Å². The number of benzene rings is 3. The lowest BCUT2D eigenvalue weighted by atomic mass is 10.1. The number of thioether (sulfide) groups is 1. The normalized spacial score (nSPS) is 15.5. The van der Waals surface area contributed by atoms with Gasteiger partial charge in [0.1, 0.15) is 12.4 Å². The second-order valence-corrected chi connectivity index (χ2v) is 9.27. The molecule has 1 heterocycles. The number of likely N-dealkylation sites (N-methyl/N-ethyl adjacent to an activating group) is 1. The number of amidine groups is 1. The van der Waals surface area contributed by atoms with E-state index >= 15 is 0 Å². The van der Waals surface area contributed by atoms with Crippen molar-refractivity contribution in [3.63, 3.8) is 0 Å². The summed E-state index contributed by atoms with van der Waals surface area (Å²) in [4.78, 5) is 30.6. The lowest BCUT2D eigenvalue weighted by Gasteiger charge is -2.14. The Bertz CT molecular complexity index is 1390. The fraction of sp³-hybridized carbons (Fsp3) is 0.148. The number of amides is 1. The van der Waals surface area contributed by atoms with Gasteiger partial charge in [0.2, 0.25) is 0 Å². The Hall–Kier alpha value is -3.82. The van der Waals surface area contributed by atoms with Gasteiger partial charge in [-0.2, -0.15) is 0 Å². The van der Waals surface area contributed by atoms with E-state index in [9.17, 15) is 14.0 Å². The van der Waals surface area contributed by atoms with Gasteiger partial charge in [0.05, 0.1) is 28.3 Å². The molecule has 37 heavy (non-hydrogen) atoms. The van der Waals surface area contributed by atoms with Crippen LogP contribution in [0.15, 0.2) is 70.6 Å². The van der Waals surface area contributed by atoms with Crippen LogP contribution >= 0.6 is 23.4 Å². The van der Waals surface area contributed by atoms with Crippen molar-refractivity contribution >= 4 is 52.2 Å². The lowest BCUT2D eigenvalue weighted by Crippen LogP contribution is -2.28. The van der Waals surface area contributed by atoms with Gasteiger partial charge in [-0.3, -0.25) is 9.69 Å². The maximum atomic E-state index is 13.1. The third kappa shape index (κ3) is 6.12. The average molecular weight is 541 g/mol. The Morgan fingerprint density at radius 2 is 1.86 bits per heavy atom. The number of carbonyl (C=O) groups is 2. The van der Waals surface area contributed by atoms with Crippen molar-refractivity contribution in [3.8, 4) is 11.5 Å². The smallest absolute Gasteiger partial charge is 0.335 e. The number of carboxylic acid groups (broad SMARTS) is 1. The van der Waals surface area contributed by atoms with Gasteiger partial charge in [-0.05, 0) is 84.4 Å². The molecule has 0 aliphatic carbocycles. The largest absolute Gasteiger partial charge is 0.493 e. The zero-order valence-electron chi connectivity index (χ0n) is 19.9. The second-order valence-electron chi connectivity index (χ2n) is 7.86. The minimum Gasteiger partial charge on any atom is -0.493 e. The van der Waals surface area contributed by atoms with Crippen LogP contribution in [-0.4, -0.2) is 40.7 Å². The van der Waals surface area contributed by atoms with Crippen LogP contribution in [0.1, 0.15) is 28.4 Å². The molecule has 1 amide bonds. The minimum absolute atomic E-state index is 0.156. The monoisotopic (exact) mass is 540 g/mol. The molecule has 10 heteroatoms. The number of ether oxygens (including phenoxy) is 2. The summed E-state index contributed by atoms with van der Waals surface area (Å²) in [6, 6.07) is 15.4. The van der Waals surface area contributed by atoms with E-state index in [1.807, 2.05) is 6.92 Å². The molecule has 190 valence electrons. The second kappa shape index (κ2) is 11.5. The molecule has 0 spiro atoms. The summed E-state index contributed by atoms with van der Waals surface area (Å²) in [7, 11) is 1.49. The topological polar surface area (TPSA) is 88.4 Å². The van der Waals surface area contributed by atoms with Crippen LogP contribution in [0.5, 0.6) is 11.5 Å². The minimum atomic E-state index is -1.02. The first-order valence-electron chi connectivity index (χ1n) is 11.2. The molecule has 0 radical (unpaired) electrons. The SMILES string of the molecule is CCN1C(=O)/C(=C/c2cc(Cl)c(OCc3ccc(F)cc3)c(OC)c2)SC1=Nc1ccc(C(=O)O)cc1. The van der Waals surface area contributed by atoms with E-state index in [2.05, 4.69) is 4.99 Å². The number of hydrogen-bond donors (Lipinski definition) is 1. The van der Waals surface area contributed by atoms with Gasteiger partial charge in [-0.15, -0.1) is 0 Å². The first-order valence-corrected chi connectivity index (χ1v) is 12.4. The van der Waals surface area contributed by atoms with E-state index in [0.29, 0.717) is 44.4 Å². The molecule has 1 saturated heterocycles. The maximum Gasteiger partial charge on any atom is 0.335 e. The standard InChI is InChI=1S/C27H22ClFN2O5S/c1-3-31-25(32)23(37-27(31)30-20-10-6-18(7-11-20)26(33)34)14-17-12-21(28)24(22(13-17)35-2)36-15-16-4-8-19(29)9-5-16/h4-14H,3,15H2,1-2H3,(H,33,34)/b23-14-,30-27?. The van der Waals surface area contributed by atoms with Crippen molar-refractivity contribution < 1.29 is 28.6 Å². The molecule has 0 atom stereocenters. The first kappa shape index (κ1) is 26.2. The third-order valence-electron chi connectivity index (χ3n) is 5.39. The number of nitrogens with zero attached hydrogens (tertiary/aromatic N) is 2. The molecule has 7 nitrogen and oxygen atoms in total. The predicted octanol–water partition coefficient (Wildman–Crippen LogP) is 6.39. The van der Waals surface area contributed by atoms with Gasteiger partial charge in [0, 0.05) is 6.54 Å². The maximum absolute atomic E-state index is 13.1. The Kier molecular flexibility index (Phi) is 8.15. The van der Waals surface area contributed by atoms with Crippen LogP contribution in [0.2, 0.25) is 5.02 Å². The van der Waals surface area contributed by atoms with Gasteiger partial charge in [-0.25, -0.2) is 14.2 Å². The van der Waals surface area contributed by atoms with Crippen LogP contribution < -0.4 is 9.47 Å². The number of aliphatic imine (C=N–C) groups is 1. The van der Waals surface area contributed by atoms with E-state index in [4.69, 9.17) is 26.2 Å². The summed E-state index contributed by atoms with van der Waals surface area (Å²) < 4.78 is 24.5. The molecule has 1 aliphatic heterocycles. The van der Waals surface area contributed by atoms with Crippen molar-refractivity contribution in [3.05, 3.63) is 93.1 Å². The number of hydrogen-bond acceptors (Lipinski definition) is 6. The summed E-state index contributed by atoms with van der Waals surface area (Å²) >= 11 is 7.70. The molecule has 3 aromatic carbocycles. The van der Waals surface area contributed by atoms with Gasteiger partial charge in [-0.1, -0.05) is 23.7 Å². The fourth-order valence-corrected chi connectivity index (χ4v) is 4.85. The van der Waals surface area contributed by atoms with Crippen molar-refractivity contribution in [1.29, 1.82) is 0 Å². The van der Waals surface area contributed by atoms with E-state index in [1.54, 1.807) is 47.4 Å². The van der Waals surface area contributed by atoms with Gasteiger partial charge >= 0.3 is 5.97 Å². The Morgan fingerprint density at radius 3 is 2.49 bits per heavy atom. The van der Waals surface area contributed by atoms with Gasteiger partial charge in [0.15, 0.2) is 16.7 Å². The summed E-state index contributed by atoms with van der Waals surface area (Å²) in [5.41, 5.74) is 2.09. The van der Waals surface area contributed by atoms with Crippen molar-refractivity contribution in [2.75, 3.05) is 13.7 Å². The molecule has 0 saturated carbocycles. The van der Waals surface area contributed by atoms with Crippen LogP contribution in [0, 0.1) is 5.82 Å². The van der Waals surface area contributed by atoms with Crippen molar-refractivity contribution in [1.82, 2.24) is 4.90 Å². The highest BCUT2D eigenvalue weighted by Crippen LogP contribution is 2.39. The molecular formula is C27H22ClFN2O5S. The van der Waals surface area contributed by atoms with Gasteiger partial charge < -0.3 is 14.6 Å². The molecule has 0 bridgehead atoms. The van der Waals surface area contributed by atoms with E-state index < -0.39 is 5.97 Å². The number of methoxy groups -OCH3 is 1. The summed E-state index contributed by atoms with van der Waals surface area (Å²) in [6.45, 7) is 2.43. The number of halogens is 2. The summed E-state index contributed by atoms with van der Waals surface area (Å²) in [5.74, 6) is -0.840. The highest BCUT2D eigenvalue weighted by Gasteiger charge is 2.32. The molecular weight excluding hydrogens is 519 g/mol. The lowest BCUT2D eigenvalue weighted by molar-refractivity contribution is -0.122. The number of carboxylic acids is 1. The van der Waals surface area contributed by atoms with Gasteiger partial charge in [0.25, 0.3) is 5.91 Å². The van der Waals surface area contributed by atoms with E-state index in [1.165, 1.54) is 43.1 Å². The van der Waals surface area contributed by atoms with E-state index in [-0.39, 0.29) is 23.9 Å². The van der Waals surface area contributed by atoms with Crippen LogP contribution in [0.4, 0.5) is 10.1 Å². The molecule has 0 aromatic heterocycles. The molecule has 4 rings (SSSR count). The summed E-state index contributed by atoms with van der Waals surface area (Å²) in [6.07, 6.45) is 1.70. The quantitative estimate of drug-likeness (QED) is 0.333. The highest BCUT2D eigenvalue weighted by molar-refractivity contribution is 8.18. The Labute approximate surface area is 222 Å².